The normalized spacial score (nSPS) is 31.4. The summed E-state index contributed by atoms with van der Waals surface area (Å²) in [6, 6.07) is 0. The Labute approximate surface area is 98.5 Å². The predicted molar refractivity (Wildman–Crippen MR) is 59.2 cm³/mol. The standard InChI is InChI=1S/C12H14N2O3/c15-10(16)6-5-9-13-14-12(17-9)11-7-3-1-2-4-8(7)11/h5-8,11H,1-4H2,(H,15,16)/b6-5+. The molecule has 1 aromatic rings. The number of fused-ring (bicyclic) bond motifs is 1. The van der Waals surface area contributed by atoms with Crippen LogP contribution in [0.15, 0.2) is 10.5 Å². The van der Waals surface area contributed by atoms with Crippen LogP contribution in [0.5, 0.6) is 0 Å². The summed E-state index contributed by atoms with van der Waals surface area (Å²) in [7, 11) is 0. The van der Waals surface area contributed by atoms with E-state index in [1.807, 2.05) is 0 Å². The quantitative estimate of drug-likeness (QED) is 0.810. The fourth-order valence-corrected chi connectivity index (χ4v) is 2.95. The fourth-order valence-electron chi connectivity index (χ4n) is 2.95. The first-order valence-electron chi connectivity index (χ1n) is 6.00. The first kappa shape index (κ1) is 10.5. The highest BCUT2D eigenvalue weighted by Crippen LogP contribution is 2.60. The van der Waals surface area contributed by atoms with Crippen molar-refractivity contribution in [3.63, 3.8) is 0 Å². The molecule has 0 aliphatic heterocycles. The molecular formula is C12H14N2O3. The monoisotopic (exact) mass is 234 g/mol. The summed E-state index contributed by atoms with van der Waals surface area (Å²) < 4.78 is 5.48. The van der Waals surface area contributed by atoms with E-state index in [2.05, 4.69) is 10.2 Å². The van der Waals surface area contributed by atoms with Crippen LogP contribution in [0.25, 0.3) is 6.08 Å². The maximum Gasteiger partial charge on any atom is 0.328 e. The molecule has 90 valence electrons. The minimum absolute atomic E-state index is 0.283. The second kappa shape index (κ2) is 3.98. The molecule has 2 atom stereocenters. The minimum Gasteiger partial charge on any atom is -0.478 e. The molecule has 2 aliphatic rings. The second-order valence-electron chi connectivity index (χ2n) is 4.79. The van der Waals surface area contributed by atoms with Crippen LogP contribution < -0.4 is 0 Å². The average molecular weight is 234 g/mol. The molecule has 0 bridgehead atoms. The highest BCUT2D eigenvalue weighted by molar-refractivity contribution is 5.84. The molecule has 0 radical (unpaired) electrons. The van der Waals surface area contributed by atoms with E-state index in [0.717, 1.165) is 17.9 Å². The van der Waals surface area contributed by atoms with Gasteiger partial charge in [0.05, 0.1) is 0 Å². The van der Waals surface area contributed by atoms with Gasteiger partial charge in [-0.1, -0.05) is 12.8 Å². The van der Waals surface area contributed by atoms with Gasteiger partial charge in [-0.3, -0.25) is 0 Å². The van der Waals surface area contributed by atoms with Crippen molar-refractivity contribution in [2.45, 2.75) is 31.6 Å². The molecular weight excluding hydrogens is 220 g/mol. The summed E-state index contributed by atoms with van der Waals surface area (Å²) in [5.41, 5.74) is 0. The van der Waals surface area contributed by atoms with Crippen molar-refractivity contribution in [2.24, 2.45) is 11.8 Å². The number of carboxylic acids is 1. The van der Waals surface area contributed by atoms with Gasteiger partial charge in [0.1, 0.15) is 0 Å². The first-order valence-corrected chi connectivity index (χ1v) is 6.00. The van der Waals surface area contributed by atoms with E-state index in [9.17, 15) is 4.79 Å². The summed E-state index contributed by atoms with van der Waals surface area (Å²) in [5.74, 6) is 1.83. The molecule has 17 heavy (non-hydrogen) atoms. The first-order chi connectivity index (χ1) is 8.25. The number of carboxylic acid groups (broad SMARTS) is 1. The molecule has 1 N–H and O–H groups in total. The van der Waals surface area contributed by atoms with Gasteiger partial charge in [-0.05, 0) is 24.7 Å². The van der Waals surface area contributed by atoms with E-state index in [0.29, 0.717) is 11.8 Å². The zero-order valence-corrected chi connectivity index (χ0v) is 9.37. The van der Waals surface area contributed by atoms with Crippen LogP contribution in [0.3, 0.4) is 0 Å². The Bertz CT molecular complexity index is 454. The van der Waals surface area contributed by atoms with Gasteiger partial charge >= 0.3 is 5.97 Å². The summed E-state index contributed by atoms with van der Waals surface area (Å²) in [6.07, 6.45) is 7.48. The molecule has 1 heterocycles. The van der Waals surface area contributed by atoms with Crippen LogP contribution in [0.4, 0.5) is 0 Å². The van der Waals surface area contributed by atoms with Crippen molar-refractivity contribution in [1.82, 2.24) is 10.2 Å². The van der Waals surface area contributed by atoms with Gasteiger partial charge < -0.3 is 9.52 Å². The van der Waals surface area contributed by atoms with Crippen LogP contribution in [0.1, 0.15) is 43.4 Å². The molecule has 2 fully saturated rings. The van der Waals surface area contributed by atoms with Crippen LogP contribution in [0.2, 0.25) is 0 Å². The highest BCUT2D eigenvalue weighted by atomic mass is 16.4. The highest BCUT2D eigenvalue weighted by Gasteiger charge is 2.54. The maximum atomic E-state index is 10.4. The molecule has 5 nitrogen and oxygen atoms in total. The van der Waals surface area contributed by atoms with Crippen LogP contribution in [-0.4, -0.2) is 21.3 Å². The van der Waals surface area contributed by atoms with Crippen molar-refractivity contribution in [1.29, 1.82) is 0 Å². The molecule has 2 saturated carbocycles. The lowest BCUT2D eigenvalue weighted by atomic mass is 10.0. The summed E-state index contributed by atoms with van der Waals surface area (Å²) in [4.78, 5) is 10.4. The van der Waals surface area contributed by atoms with Crippen LogP contribution in [-0.2, 0) is 4.79 Å². The Kier molecular flexibility index (Phi) is 2.46. The van der Waals surface area contributed by atoms with Crippen LogP contribution >= 0.6 is 0 Å². The third-order valence-electron chi connectivity index (χ3n) is 3.77. The number of aromatic nitrogens is 2. The average Bonchev–Trinajstić information content (AvgIpc) is 2.87. The molecule has 0 aromatic carbocycles. The minimum atomic E-state index is -1.01. The van der Waals surface area contributed by atoms with Gasteiger partial charge in [0.25, 0.3) is 0 Å². The Morgan fingerprint density at radius 2 is 2.00 bits per heavy atom. The van der Waals surface area contributed by atoms with Crippen molar-refractivity contribution in [3.8, 4) is 0 Å². The molecule has 3 rings (SSSR count). The van der Waals surface area contributed by atoms with Gasteiger partial charge in [0, 0.05) is 18.1 Å². The summed E-state index contributed by atoms with van der Waals surface area (Å²) in [5, 5.41) is 16.4. The van der Waals surface area contributed by atoms with Gasteiger partial charge in [0.2, 0.25) is 11.8 Å². The van der Waals surface area contributed by atoms with E-state index >= 15 is 0 Å². The molecule has 0 saturated heterocycles. The molecule has 0 amide bonds. The van der Waals surface area contributed by atoms with E-state index in [1.165, 1.54) is 31.8 Å². The van der Waals surface area contributed by atoms with Crippen molar-refractivity contribution in [2.75, 3.05) is 0 Å². The number of aliphatic carboxylic acids is 1. The molecule has 5 heteroatoms. The molecule has 0 spiro atoms. The largest absolute Gasteiger partial charge is 0.478 e. The Hall–Kier alpha value is -1.65. The Morgan fingerprint density at radius 3 is 2.65 bits per heavy atom. The van der Waals surface area contributed by atoms with Gasteiger partial charge in [-0.25, -0.2) is 4.79 Å². The topological polar surface area (TPSA) is 76.2 Å². The zero-order valence-electron chi connectivity index (χ0n) is 9.37. The van der Waals surface area contributed by atoms with E-state index in [-0.39, 0.29) is 5.89 Å². The Balaban J connectivity index is 1.71. The Morgan fingerprint density at radius 1 is 1.29 bits per heavy atom. The van der Waals surface area contributed by atoms with Crippen molar-refractivity contribution < 1.29 is 14.3 Å². The predicted octanol–water partition coefficient (Wildman–Crippen LogP) is 2.07. The van der Waals surface area contributed by atoms with Gasteiger partial charge in [0.15, 0.2) is 0 Å². The molecule has 2 aliphatic carbocycles. The lowest BCUT2D eigenvalue weighted by molar-refractivity contribution is -0.131. The third-order valence-corrected chi connectivity index (χ3v) is 3.77. The second-order valence-corrected chi connectivity index (χ2v) is 4.79. The van der Waals surface area contributed by atoms with Gasteiger partial charge in [-0.2, -0.15) is 0 Å². The summed E-state index contributed by atoms with van der Waals surface area (Å²) >= 11 is 0. The molecule has 2 unspecified atom stereocenters. The smallest absolute Gasteiger partial charge is 0.328 e. The summed E-state index contributed by atoms with van der Waals surface area (Å²) in [6.45, 7) is 0. The SMILES string of the molecule is O=C(O)/C=C/c1nnc(C2C3CCCCC32)o1. The van der Waals surface area contributed by atoms with E-state index in [1.54, 1.807) is 0 Å². The fraction of sp³-hybridized carbons (Fsp3) is 0.583. The third kappa shape index (κ3) is 1.97. The van der Waals surface area contributed by atoms with Crippen molar-refractivity contribution in [3.05, 3.63) is 17.9 Å². The maximum absolute atomic E-state index is 10.4. The van der Waals surface area contributed by atoms with E-state index < -0.39 is 5.97 Å². The number of rotatable bonds is 3. The number of hydrogen-bond donors (Lipinski definition) is 1. The number of hydrogen-bond acceptors (Lipinski definition) is 4. The number of carbonyl (C=O) groups is 1. The van der Waals surface area contributed by atoms with Crippen LogP contribution in [0, 0.1) is 11.8 Å². The van der Waals surface area contributed by atoms with Gasteiger partial charge in [-0.15, -0.1) is 10.2 Å². The zero-order chi connectivity index (χ0) is 11.8. The molecule has 1 aromatic heterocycles. The lowest BCUT2D eigenvalue weighted by Crippen LogP contribution is -1.91. The van der Waals surface area contributed by atoms with Crippen molar-refractivity contribution >= 4 is 12.0 Å². The number of nitrogens with zero attached hydrogens (tertiary/aromatic N) is 2. The lowest BCUT2D eigenvalue weighted by Gasteiger charge is -2.04. The van der Waals surface area contributed by atoms with E-state index in [4.69, 9.17) is 9.52 Å².